The molecule has 0 radical (unpaired) electrons. The smallest absolute Gasteiger partial charge is 0.329 e. The maximum atomic E-state index is 14.8. The number of carbonyl (C=O) groups is 2. The van der Waals surface area contributed by atoms with E-state index in [1.165, 1.54) is 12.6 Å². The second kappa shape index (κ2) is 13.9. The van der Waals surface area contributed by atoms with Gasteiger partial charge in [0.15, 0.2) is 5.82 Å². The van der Waals surface area contributed by atoms with Crippen LogP contribution in [-0.2, 0) is 20.0 Å². The largest absolute Gasteiger partial charge is 0.480 e. The van der Waals surface area contributed by atoms with Crippen LogP contribution in [0.3, 0.4) is 0 Å². The van der Waals surface area contributed by atoms with Crippen molar-refractivity contribution in [2.75, 3.05) is 50.8 Å². The van der Waals surface area contributed by atoms with E-state index in [1.807, 2.05) is 4.90 Å². The molecule has 4 rings (SSSR count). The van der Waals surface area contributed by atoms with E-state index in [1.54, 1.807) is 12.3 Å². The fourth-order valence-electron chi connectivity index (χ4n) is 3.97. The first-order valence-corrected chi connectivity index (χ1v) is 13.3. The highest BCUT2D eigenvalue weighted by molar-refractivity contribution is 7.61. The van der Waals surface area contributed by atoms with E-state index >= 15 is 0 Å². The number of halogens is 2. The van der Waals surface area contributed by atoms with Gasteiger partial charge in [0.2, 0.25) is 5.78 Å². The van der Waals surface area contributed by atoms with Gasteiger partial charge in [0, 0.05) is 49.9 Å². The number of rotatable bonds is 9. The Hall–Kier alpha value is -3.75. The molecule has 0 amide bonds. The van der Waals surface area contributed by atoms with Crippen molar-refractivity contribution in [3.8, 4) is 0 Å². The monoisotopic (exact) mass is 565 g/mol. The number of carbonyl (C=O) groups excluding carboxylic acids is 1. The van der Waals surface area contributed by atoms with Crippen LogP contribution in [0.1, 0.15) is 36.2 Å². The molecule has 0 spiro atoms. The van der Waals surface area contributed by atoms with Crippen molar-refractivity contribution in [3.63, 3.8) is 0 Å². The third kappa shape index (κ3) is 7.65. The molecule has 1 saturated heterocycles. The SMILES string of the molecule is CCC.O=C(O)COCCN1CCN(c2cnc3[nH]cc(C(=O)c4c(F)ccc(N=S(=O)=O)c4F)c3c2)CC1. The molecule has 0 aliphatic carbocycles. The summed E-state index contributed by atoms with van der Waals surface area (Å²) in [5, 5.41) is 8.98. The first kappa shape index (κ1) is 29.8. The molecule has 0 bridgehead atoms. The average molecular weight is 566 g/mol. The number of aliphatic carboxylic acids is 1. The summed E-state index contributed by atoms with van der Waals surface area (Å²) in [7, 11) is -2.98. The Labute approximate surface area is 225 Å². The summed E-state index contributed by atoms with van der Waals surface area (Å²) in [6.45, 7) is 7.48. The minimum atomic E-state index is -2.98. The lowest BCUT2D eigenvalue weighted by atomic mass is 10.0. The van der Waals surface area contributed by atoms with Crippen LogP contribution in [0, 0.1) is 11.6 Å². The Morgan fingerprint density at radius 2 is 1.87 bits per heavy atom. The third-order valence-corrected chi connectivity index (χ3v) is 6.09. The van der Waals surface area contributed by atoms with Crippen LogP contribution in [-0.4, -0.2) is 86.1 Å². The van der Waals surface area contributed by atoms with Gasteiger partial charge in [0.1, 0.15) is 23.8 Å². The van der Waals surface area contributed by atoms with Crippen LogP contribution in [0.5, 0.6) is 0 Å². The van der Waals surface area contributed by atoms with Gasteiger partial charge >= 0.3 is 16.5 Å². The fraction of sp³-hybridized carbons (Fsp3) is 0.400. The number of H-pyrrole nitrogens is 1. The van der Waals surface area contributed by atoms with Gasteiger partial charge < -0.3 is 19.7 Å². The number of pyridine rings is 1. The zero-order valence-electron chi connectivity index (χ0n) is 21.5. The Morgan fingerprint density at radius 3 is 2.51 bits per heavy atom. The third-order valence-electron chi connectivity index (χ3n) is 5.75. The molecule has 210 valence electrons. The van der Waals surface area contributed by atoms with Gasteiger partial charge in [0.05, 0.1) is 24.1 Å². The molecular weight excluding hydrogens is 536 g/mol. The molecule has 3 aromatic rings. The summed E-state index contributed by atoms with van der Waals surface area (Å²) >= 11 is 0. The summed E-state index contributed by atoms with van der Waals surface area (Å²) in [4.78, 5) is 34.9. The van der Waals surface area contributed by atoms with Gasteiger partial charge in [-0.1, -0.05) is 20.3 Å². The van der Waals surface area contributed by atoms with Gasteiger partial charge in [-0.2, -0.15) is 8.42 Å². The van der Waals surface area contributed by atoms with Crippen molar-refractivity contribution in [1.29, 1.82) is 0 Å². The van der Waals surface area contributed by atoms with E-state index in [0.717, 1.165) is 12.1 Å². The minimum absolute atomic E-state index is 0.0215. The van der Waals surface area contributed by atoms with Gasteiger partial charge in [-0.3, -0.25) is 9.69 Å². The first-order chi connectivity index (χ1) is 18.7. The summed E-state index contributed by atoms with van der Waals surface area (Å²) < 4.78 is 59.0. The van der Waals surface area contributed by atoms with Crippen molar-refractivity contribution in [1.82, 2.24) is 14.9 Å². The van der Waals surface area contributed by atoms with Crippen LogP contribution in [0.2, 0.25) is 0 Å². The van der Waals surface area contributed by atoms with Crippen LogP contribution in [0.25, 0.3) is 11.0 Å². The lowest BCUT2D eigenvalue weighted by Crippen LogP contribution is -2.47. The molecule has 11 nitrogen and oxygen atoms in total. The number of ketones is 1. The number of aromatic amines is 1. The van der Waals surface area contributed by atoms with Crippen LogP contribution >= 0.6 is 0 Å². The normalized spacial score (nSPS) is 13.6. The Kier molecular flexibility index (Phi) is 10.6. The number of nitrogens with zero attached hydrogens (tertiary/aromatic N) is 4. The molecule has 14 heteroatoms. The zero-order chi connectivity index (χ0) is 28.5. The van der Waals surface area contributed by atoms with Crippen molar-refractivity contribution in [3.05, 3.63) is 53.4 Å². The summed E-state index contributed by atoms with van der Waals surface area (Å²) in [5.41, 5.74) is -0.542. The summed E-state index contributed by atoms with van der Waals surface area (Å²) in [5.74, 6) is -4.51. The van der Waals surface area contributed by atoms with E-state index in [2.05, 4.69) is 33.1 Å². The van der Waals surface area contributed by atoms with E-state index in [4.69, 9.17) is 9.84 Å². The fourth-order valence-corrected chi connectivity index (χ4v) is 4.27. The molecular formula is C25H29F2N5O6S. The highest BCUT2D eigenvalue weighted by atomic mass is 32.2. The van der Waals surface area contributed by atoms with E-state index in [9.17, 15) is 26.8 Å². The number of piperazine rings is 1. The minimum Gasteiger partial charge on any atom is -0.480 e. The van der Waals surface area contributed by atoms with Crippen LogP contribution in [0.4, 0.5) is 20.2 Å². The molecule has 3 heterocycles. The van der Waals surface area contributed by atoms with Gasteiger partial charge in [-0.05, 0) is 18.2 Å². The van der Waals surface area contributed by atoms with Crippen molar-refractivity contribution >= 4 is 44.7 Å². The van der Waals surface area contributed by atoms with E-state index in [0.29, 0.717) is 56.1 Å². The number of carboxylic acid groups (broad SMARTS) is 1. The Balaban J connectivity index is 0.00000134. The highest BCUT2D eigenvalue weighted by Crippen LogP contribution is 2.29. The van der Waals surface area contributed by atoms with Gasteiger partial charge in [0.25, 0.3) is 0 Å². The van der Waals surface area contributed by atoms with Crippen molar-refractivity contribution in [2.45, 2.75) is 20.3 Å². The van der Waals surface area contributed by atoms with E-state index < -0.39 is 45.1 Å². The second-order valence-corrected chi connectivity index (χ2v) is 9.28. The number of benzene rings is 1. The zero-order valence-corrected chi connectivity index (χ0v) is 22.3. The molecule has 2 aromatic heterocycles. The first-order valence-electron chi connectivity index (χ1n) is 12.2. The van der Waals surface area contributed by atoms with E-state index in [-0.39, 0.29) is 12.2 Å². The quantitative estimate of drug-likeness (QED) is 0.294. The number of aromatic nitrogens is 2. The second-order valence-electron chi connectivity index (χ2n) is 8.67. The number of carboxylic acids is 1. The molecule has 0 atom stereocenters. The number of hydrogen-bond acceptors (Lipinski definition) is 9. The Bertz CT molecular complexity index is 1460. The maximum absolute atomic E-state index is 14.8. The van der Waals surface area contributed by atoms with Gasteiger partial charge in [-0.25, -0.2) is 18.6 Å². The Morgan fingerprint density at radius 1 is 1.18 bits per heavy atom. The predicted octanol–water partition coefficient (Wildman–Crippen LogP) is 3.41. The molecule has 0 unspecified atom stereocenters. The maximum Gasteiger partial charge on any atom is 0.329 e. The number of hydrogen-bond donors (Lipinski definition) is 2. The lowest BCUT2D eigenvalue weighted by Gasteiger charge is -2.35. The van der Waals surface area contributed by atoms with Crippen LogP contribution in [0.15, 0.2) is 35.0 Å². The van der Waals surface area contributed by atoms with Crippen molar-refractivity contribution in [2.24, 2.45) is 4.36 Å². The lowest BCUT2D eigenvalue weighted by molar-refractivity contribution is -0.142. The molecule has 2 N–H and O–H groups in total. The topological polar surface area (TPSA) is 145 Å². The highest BCUT2D eigenvalue weighted by Gasteiger charge is 2.25. The summed E-state index contributed by atoms with van der Waals surface area (Å²) in [6, 6.07) is 3.32. The van der Waals surface area contributed by atoms with Gasteiger partial charge in [-0.15, -0.1) is 4.36 Å². The number of fused-ring (bicyclic) bond motifs is 1. The molecule has 1 aliphatic rings. The molecule has 39 heavy (non-hydrogen) atoms. The summed E-state index contributed by atoms with van der Waals surface area (Å²) in [6.07, 6.45) is 4.18. The molecule has 1 aromatic carbocycles. The number of anilines is 1. The number of nitrogens with one attached hydrogen (secondary N) is 1. The predicted molar refractivity (Wildman–Crippen MR) is 140 cm³/mol. The van der Waals surface area contributed by atoms with Crippen molar-refractivity contribution < 1.29 is 36.6 Å². The molecule has 0 saturated carbocycles. The molecule has 1 aliphatic heterocycles. The molecule has 1 fully saturated rings. The number of ether oxygens (including phenoxy) is 1. The average Bonchev–Trinajstić information content (AvgIpc) is 3.32. The standard InChI is InChI=1S/C22H21F2N5O6S.C3H8/c23-16-1-2-17(27-36(33)34)20(24)19(16)21(32)15-11-26-22-14(15)9-13(10-25-22)29-5-3-28(4-6-29)7-8-35-12-18(30)31;1-3-2/h1-2,9-11H,3-8,12H2,(H,25,26)(H,30,31);3H2,1-2H3. The van der Waals surface area contributed by atoms with Crippen LogP contribution < -0.4 is 4.90 Å².